The van der Waals surface area contributed by atoms with Crippen molar-refractivity contribution in [2.75, 3.05) is 19.8 Å². The van der Waals surface area contributed by atoms with Crippen LogP contribution in [0.2, 0.25) is 0 Å². The summed E-state index contributed by atoms with van der Waals surface area (Å²) in [7, 11) is -4.20. The summed E-state index contributed by atoms with van der Waals surface area (Å²) in [6.45, 7) is 7.71. The molecule has 2 aliphatic heterocycles. The number of nitro groups is 1. The number of rotatable bonds is 15. The molecule has 0 N–H and O–H groups in total. The van der Waals surface area contributed by atoms with Gasteiger partial charge in [-0.2, -0.15) is 12.7 Å². The molecule has 0 radical (unpaired) electrons. The van der Waals surface area contributed by atoms with Crippen molar-refractivity contribution in [2.45, 2.75) is 84.7 Å². The SMILES string of the molecule is CCOC(=O)CC(c1ccc(C)c(CN2Cc3cc(Oc4ccccc4[N+](=O)[O-])ccc3OS2(=O)=O)c1)c1ccc2c(nnn2CCCOC2CCCCO2)c1C. The van der Waals surface area contributed by atoms with Crippen molar-refractivity contribution >= 4 is 33.0 Å². The number of nitro benzene ring substituents is 1. The van der Waals surface area contributed by atoms with E-state index in [0.29, 0.717) is 18.7 Å². The maximum atomic E-state index is 13.4. The summed E-state index contributed by atoms with van der Waals surface area (Å²) < 4.78 is 58.3. The molecule has 5 aromatic rings. The molecule has 0 bridgehead atoms. The topological polar surface area (TPSA) is 174 Å². The number of hydrogen-bond donors (Lipinski definition) is 0. The highest BCUT2D eigenvalue weighted by atomic mass is 32.2. The number of hydrogen-bond acceptors (Lipinski definition) is 12. The average molecular weight is 800 g/mol. The van der Waals surface area contributed by atoms with Gasteiger partial charge < -0.3 is 23.1 Å². The molecule has 15 nitrogen and oxygen atoms in total. The molecule has 16 heteroatoms. The fourth-order valence-electron chi connectivity index (χ4n) is 7.28. The van der Waals surface area contributed by atoms with Crippen LogP contribution in [0.25, 0.3) is 11.0 Å². The Balaban J connectivity index is 1.12. The molecule has 300 valence electrons. The second-order valence-electron chi connectivity index (χ2n) is 14.1. The van der Waals surface area contributed by atoms with E-state index in [4.69, 9.17) is 23.1 Å². The number of para-hydroxylation sites is 2. The molecule has 1 fully saturated rings. The van der Waals surface area contributed by atoms with E-state index in [9.17, 15) is 23.3 Å². The van der Waals surface area contributed by atoms with Gasteiger partial charge in [0.1, 0.15) is 17.0 Å². The predicted octanol–water partition coefficient (Wildman–Crippen LogP) is 7.41. The monoisotopic (exact) mass is 799 g/mol. The van der Waals surface area contributed by atoms with Gasteiger partial charge in [0, 0.05) is 43.8 Å². The van der Waals surface area contributed by atoms with Gasteiger partial charge in [-0.15, -0.1) is 5.10 Å². The van der Waals surface area contributed by atoms with Crippen molar-refractivity contribution in [3.05, 3.63) is 116 Å². The predicted molar refractivity (Wildman–Crippen MR) is 209 cm³/mol. The molecule has 2 atom stereocenters. The lowest BCUT2D eigenvalue weighted by Crippen LogP contribution is -2.37. The molecule has 0 spiro atoms. The summed E-state index contributed by atoms with van der Waals surface area (Å²) in [6, 6.07) is 20.4. The van der Waals surface area contributed by atoms with Gasteiger partial charge in [-0.3, -0.25) is 14.9 Å². The Hall–Kier alpha value is -5.42. The minimum absolute atomic E-state index is 0.0221. The number of esters is 1. The first-order valence-electron chi connectivity index (χ1n) is 19.1. The van der Waals surface area contributed by atoms with Gasteiger partial charge in [0.2, 0.25) is 5.75 Å². The second-order valence-corrected chi connectivity index (χ2v) is 15.7. The molecule has 3 heterocycles. The molecule has 0 amide bonds. The molecular formula is C41H45N5O10S. The molecule has 2 unspecified atom stereocenters. The zero-order valence-electron chi connectivity index (χ0n) is 32.1. The van der Waals surface area contributed by atoms with Crippen LogP contribution in [-0.2, 0) is 48.9 Å². The van der Waals surface area contributed by atoms with Crippen molar-refractivity contribution in [1.29, 1.82) is 0 Å². The van der Waals surface area contributed by atoms with E-state index < -0.39 is 21.1 Å². The van der Waals surface area contributed by atoms with Crippen molar-refractivity contribution < 1.29 is 41.3 Å². The number of aryl methyl sites for hydroxylation is 3. The van der Waals surface area contributed by atoms with Crippen molar-refractivity contribution in [3.63, 3.8) is 0 Å². The lowest BCUT2D eigenvalue weighted by molar-refractivity contribution is -0.385. The minimum atomic E-state index is -4.20. The van der Waals surface area contributed by atoms with Crippen LogP contribution in [0.15, 0.2) is 72.8 Å². The molecule has 7 rings (SSSR count). The summed E-state index contributed by atoms with van der Waals surface area (Å²) >= 11 is 0. The molecule has 0 saturated carbocycles. The standard InChI is InChI=1S/C41H45N5O10S/c1-4-52-39(47)24-34(33-16-17-36-41(28(33)3)42-43-45(36)19-9-21-54-40-12-7-8-20-53-40)29-14-13-27(2)30(22-29)25-44-26-31-23-32(15-18-37(31)56-57(44,50)51)55-38-11-6-5-10-35(38)46(48)49/h5-6,10-11,13-18,22-23,34,40H,4,7-9,12,19-21,24-26H2,1-3H3. The van der Waals surface area contributed by atoms with E-state index in [0.717, 1.165) is 71.1 Å². The van der Waals surface area contributed by atoms with E-state index in [1.165, 1.54) is 28.6 Å². The fraction of sp³-hybridized carbons (Fsp3) is 0.390. The summed E-state index contributed by atoms with van der Waals surface area (Å²) in [6.07, 6.45) is 3.74. The molecular weight excluding hydrogens is 755 g/mol. The van der Waals surface area contributed by atoms with E-state index in [1.807, 2.05) is 48.9 Å². The third kappa shape index (κ3) is 9.09. The van der Waals surface area contributed by atoms with E-state index in [-0.39, 0.29) is 61.3 Å². The average Bonchev–Trinajstić information content (AvgIpc) is 3.61. The van der Waals surface area contributed by atoms with Crippen molar-refractivity contribution in [2.24, 2.45) is 0 Å². The number of benzene rings is 4. The first-order valence-corrected chi connectivity index (χ1v) is 20.4. The summed E-state index contributed by atoms with van der Waals surface area (Å²) in [5, 5.41) is 20.5. The van der Waals surface area contributed by atoms with Crippen LogP contribution in [0.4, 0.5) is 5.69 Å². The number of carbonyl (C=O) groups excluding carboxylic acids is 1. The van der Waals surface area contributed by atoms with E-state index in [1.54, 1.807) is 25.1 Å². The summed E-state index contributed by atoms with van der Waals surface area (Å²) in [5.74, 6) is -0.308. The largest absolute Gasteiger partial charge is 0.466 e. The van der Waals surface area contributed by atoms with Gasteiger partial charge in [0.05, 0.1) is 30.1 Å². The summed E-state index contributed by atoms with van der Waals surface area (Å²) in [4.78, 5) is 24.1. The van der Waals surface area contributed by atoms with Gasteiger partial charge in [0.15, 0.2) is 6.29 Å². The number of carbonyl (C=O) groups is 1. The first-order chi connectivity index (χ1) is 27.5. The van der Waals surface area contributed by atoms with Gasteiger partial charge in [-0.1, -0.05) is 41.6 Å². The Bertz CT molecular complexity index is 2380. The summed E-state index contributed by atoms with van der Waals surface area (Å²) in [5.41, 5.74) is 6.05. The van der Waals surface area contributed by atoms with Crippen LogP contribution < -0.4 is 8.92 Å². The van der Waals surface area contributed by atoms with Crippen LogP contribution >= 0.6 is 0 Å². The maximum Gasteiger partial charge on any atom is 0.385 e. The van der Waals surface area contributed by atoms with Crippen LogP contribution in [0.3, 0.4) is 0 Å². The Labute approximate surface area is 330 Å². The number of fused-ring (bicyclic) bond motifs is 2. The highest BCUT2D eigenvalue weighted by Gasteiger charge is 2.33. The van der Waals surface area contributed by atoms with Crippen LogP contribution in [-0.4, -0.2) is 64.7 Å². The molecule has 4 aromatic carbocycles. The lowest BCUT2D eigenvalue weighted by Gasteiger charge is -2.29. The number of aromatic nitrogens is 3. The number of nitrogens with zero attached hydrogens (tertiary/aromatic N) is 5. The van der Waals surface area contributed by atoms with Crippen molar-refractivity contribution in [3.8, 4) is 17.2 Å². The highest BCUT2D eigenvalue weighted by Crippen LogP contribution is 2.38. The van der Waals surface area contributed by atoms with E-state index in [2.05, 4.69) is 10.3 Å². The van der Waals surface area contributed by atoms with Crippen LogP contribution in [0.1, 0.15) is 78.3 Å². The lowest BCUT2D eigenvalue weighted by atomic mass is 9.84. The smallest absolute Gasteiger partial charge is 0.385 e. The molecule has 2 aliphatic rings. The van der Waals surface area contributed by atoms with Gasteiger partial charge >= 0.3 is 22.0 Å². The molecule has 57 heavy (non-hydrogen) atoms. The highest BCUT2D eigenvalue weighted by molar-refractivity contribution is 7.84. The molecule has 1 saturated heterocycles. The Morgan fingerprint density at radius 3 is 2.70 bits per heavy atom. The maximum absolute atomic E-state index is 13.4. The number of ether oxygens (including phenoxy) is 4. The van der Waals surface area contributed by atoms with Gasteiger partial charge in [0.25, 0.3) is 0 Å². The molecule has 0 aliphatic carbocycles. The van der Waals surface area contributed by atoms with Crippen molar-refractivity contribution in [1.82, 2.24) is 19.3 Å². The minimum Gasteiger partial charge on any atom is -0.466 e. The van der Waals surface area contributed by atoms with Crippen LogP contribution in [0.5, 0.6) is 17.2 Å². The third-order valence-corrected chi connectivity index (χ3v) is 11.6. The zero-order chi connectivity index (χ0) is 40.1. The molecule has 1 aromatic heterocycles. The van der Waals surface area contributed by atoms with Gasteiger partial charge in [-0.05, 0) is 105 Å². The normalized spacial score (nSPS) is 17.1. The quantitative estimate of drug-likeness (QED) is 0.0445. The zero-order valence-corrected chi connectivity index (χ0v) is 32.9. The Kier molecular flexibility index (Phi) is 12.1. The Morgan fingerprint density at radius 2 is 1.91 bits per heavy atom. The fourth-order valence-corrected chi connectivity index (χ4v) is 8.36. The second kappa shape index (κ2) is 17.4. The van der Waals surface area contributed by atoms with Gasteiger partial charge in [-0.25, -0.2) is 4.68 Å². The third-order valence-electron chi connectivity index (χ3n) is 10.3. The first kappa shape index (κ1) is 39.8. The Morgan fingerprint density at radius 1 is 1.07 bits per heavy atom. The van der Waals surface area contributed by atoms with Crippen LogP contribution in [0, 0.1) is 24.0 Å². The van der Waals surface area contributed by atoms with E-state index >= 15 is 0 Å².